The molecule has 0 radical (unpaired) electrons. The van der Waals surface area contributed by atoms with Crippen LogP contribution in [0, 0.1) is 6.92 Å². The van der Waals surface area contributed by atoms with E-state index in [-0.39, 0.29) is 11.5 Å². The number of rotatable bonds is 4. The summed E-state index contributed by atoms with van der Waals surface area (Å²) in [6.07, 6.45) is 1.77. The Balaban J connectivity index is 1.80. The molecule has 3 N–H and O–H groups in total. The van der Waals surface area contributed by atoms with E-state index < -0.39 is 6.03 Å². The number of primary amides is 1. The van der Waals surface area contributed by atoms with Crippen molar-refractivity contribution in [2.24, 2.45) is 5.73 Å². The molecule has 1 aromatic heterocycles. The normalized spacial score (nSPS) is 14.2. The first-order chi connectivity index (χ1) is 13.9. The Labute approximate surface area is 167 Å². The lowest BCUT2D eigenvalue weighted by atomic mass is 10.1. The van der Waals surface area contributed by atoms with Gasteiger partial charge in [0.2, 0.25) is 5.78 Å². The van der Waals surface area contributed by atoms with Crippen molar-refractivity contribution in [1.82, 2.24) is 4.57 Å². The van der Waals surface area contributed by atoms with Crippen LogP contribution in [0.1, 0.15) is 28.5 Å². The van der Waals surface area contributed by atoms with Crippen LogP contribution in [-0.2, 0) is 6.54 Å². The summed E-state index contributed by atoms with van der Waals surface area (Å²) >= 11 is 0. The van der Waals surface area contributed by atoms with Crippen molar-refractivity contribution in [3.8, 4) is 11.5 Å². The number of aromatic nitrogens is 1. The van der Waals surface area contributed by atoms with Crippen molar-refractivity contribution in [1.29, 1.82) is 0 Å². The van der Waals surface area contributed by atoms with Gasteiger partial charge in [0.25, 0.3) is 0 Å². The third-order valence-corrected chi connectivity index (χ3v) is 5.11. The molecule has 2 aromatic carbocycles. The number of methoxy groups -OCH3 is 1. The minimum atomic E-state index is -0.691. The molecule has 1 aliphatic heterocycles. The largest absolute Gasteiger partial charge is 0.497 e. The highest BCUT2D eigenvalue weighted by atomic mass is 16.5. The smallest absolute Gasteiger partial charge is 0.316 e. The second kappa shape index (κ2) is 7.01. The van der Waals surface area contributed by atoms with E-state index in [9.17, 15) is 9.59 Å². The molecular weight excluding hydrogens is 370 g/mol. The minimum absolute atomic E-state index is 0.234. The lowest BCUT2D eigenvalue weighted by Crippen LogP contribution is -2.19. The van der Waals surface area contributed by atoms with E-state index in [1.54, 1.807) is 31.4 Å². The number of ether oxygens (including phenoxy) is 2. The Hall–Kier alpha value is -3.74. The molecule has 0 spiro atoms. The van der Waals surface area contributed by atoms with Crippen molar-refractivity contribution in [3.63, 3.8) is 0 Å². The molecule has 0 aliphatic carbocycles. The summed E-state index contributed by atoms with van der Waals surface area (Å²) in [6, 6.07) is 10.1. The number of carbonyl (C=O) groups excluding carboxylic acids is 2. The van der Waals surface area contributed by atoms with Crippen molar-refractivity contribution in [2.45, 2.75) is 20.4 Å². The molecule has 7 nitrogen and oxygen atoms in total. The molecule has 0 saturated carbocycles. The zero-order chi connectivity index (χ0) is 20.7. The highest BCUT2D eigenvalue weighted by Gasteiger charge is 2.28. The average molecular weight is 391 g/mol. The summed E-state index contributed by atoms with van der Waals surface area (Å²) in [5.41, 5.74) is 8.99. The Morgan fingerprint density at radius 1 is 1.28 bits per heavy atom. The molecule has 3 aromatic rings. The Bertz CT molecular complexity index is 1190. The molecule has 1 aliphatic rings. The molecule has 0 atom stereocenters. The number of nitrogens with two attached hydrogens (primary N) is 1. The topological polar surface area (TPSA) is 95.6 Å². The standard InChI is InChI=1S/C22H21N3O4/c1-4-25-12(2)15(16-10-14(28-3)6-7-18(16)25)11-20-21(26)17-9-13(24-22(23)27)5-8-19(17)29-20/h5-11H,4H2,1-3H3,(H3,23,24,27)/b20-11-. The molecule has 4 rings (SSSR count). The number of urea groups is 1. The SMILES string of the molecule is CCn1c(C)c(/C=C2\Oc3ccc(NC(N)=O)cc3C2=O)c2cc(OC)ccc21. The van der Waals surface area contributed by atoms with Crippen molar-refractivity contribution < 1.29 is 19.1 Å². The number of Topliss-reactive ketones (excluding diaryl/α,β-unsaturated/α-hetero) is 1. The zero-order valence-corrected chi connectivity index (χ0v) is 16.4. The van der Waals surface area contributed by atoms with Crippen LogP contribution in [0.25, 0.3) is 17.0 Å². The van der Waals surface area contributed by atoms with Gasteiger partial charge in [-0.15, -0.1) is 0 Å². The van der Waals surface area contributed by atoms with E-state index in [2.05, 4.69) is 16.8 Å². The third-order valence-electron chi connectivity index (χ3n) is 5.11. The second-order valence-corrected chi connectivity index (χ2v) is 6.77. The molecule has 2 heterocycles. The van der Waals surface area contributed by atoms with Crippen LogP contribution in [0.4, 0.5) is 10.5 Å². The number of carbonyl (C=O) groups is 2. The number of nitrogens with one attached hydrogen (secondary N) is 1. The number of hydrogen-bond acceptors (Lipinski definition) is 4. The minimum Gasteiger partial charge on any atom is -0.497 e. The first-order valence-corrected chi connectivity index (χ1v) is 9.24. The van der Waals surface area contributed by atoms with Crippen LogP contribution >= 0.6 is 0 Å². The molecule has 0 saturated heterocycles. The quantitative estimate of drug-likeness (QED) is 0.655. The van der Waals surface area contributed by atoms with Gasteiger partial charge in [0.1, 0.15) is 11.5 Å². The number of benzene rings is 2. The van der Waals surface area contributed by atoms with Gasteiger partial charge in [-0.1, -0.05) is 0 Å². The van der Waals surface area contributed by atoms with Gasteiger partial charge in [0.15, 0.2) is 5.76 Å². The van der Waals surface area contributed by atoms with Gasteiger partial charge in [-0.3, -0.25) is 4.79 Å². The molecular formula is C22H21N3O4. The van der Waals surface area contributed by atoms with Gasteiger partial charge in [-0.05, 0) is 56.3 Å². The maximum atomic E-state index is 12.9. The van der Waals surface area contributed by atoms with Gasteiger partial charge in [0.05, 0.1) is 12.7 Å². The van der Waals surface area contributed by atoms with E-state index in [1.807, 2.05) is 25.1 Å². The predicted octanol–water partition coefficient (Wildman–Crippen LogP) is 4.09. The van der Waals surface area contributed by atoms with Crippen molar-refractivity contribution >= 4 is 34.5 Å². The molecule has 0 fully saturated rings. The van der Waals surface area contributed by atoms with E-state index in [0.29, 0.717) is 17.0 Å². The van der Waals surface area contributed by atoms with Crippen LogP contribution < -0.4 is 20.5 Å². The number of ketones is 1. The number of amides is 2. The molecule has 0 unspecified atom stereocenters. The summed E-state index contributed by atoms with van der Waals surface area (Å²) < 4.78 is 13.4. The zero-order valence-electron chi connectivity index (χ0n) is 16.4. The van der Waals surface area contributed by atoms with Crippen LogP contribution in [0.3, 0.4) is 0 Å². The maximum absolute atomic E-state index is 12.9. The highest BCUT2D eigenvalue weighted by Crippen LogP contribution is 2.36. The monoisotopic (exact) mass is 391 g/mol. The number of anilines is 1. The summed E-state index contributed by atoms with van der Waals surface area (Å²) in [6.45, 7) is 4.90. The number of hydrogen-bond donors (Lipinski definition) is 2. The molecule has 2 amide bonds. The fourth-order valence-corrected chi connectivity index (χ4v) is 3.74. The first-order valence-electron chi connectivity index (χ1n) is 9.24. The van der Waals surface area contributed by atoms with Gasteiger partial charge in [0, 0.05) is 34.4 Å². The Kier molecular flexibility index (Phi) is 4.50. The maximum Gasteiger partial charge on any atom is 0.316 e. The molecule has 0 bridgehead atoms. The number of nitrogens with zero attached hydrogens (tertiary/aromatic N) is 1. The highest BCUT2D eigenvalue weighted by molar-refractivity contribution is 6.16. The van der Waals surface area contributed by atoms with Crippen LogP contribution in [0.2, 0.25) is 0 Å². The third kappa shape index (κ3) is 3.10. The lowest BCUT2D eigenvalue weighted by Gasteiger charge is -2.04. The van der Waals surface area contributed by atoms with E-state index in [4.69, 9.17) is 15.2 Å². The van der Waals surface area contributed by atoms with Crippen molar-refractivity contribution in [3.05, 3.63) is 59.0 Å². The first kappa shape index (κ1) is 18.6. The van der Waals surface area contributed by atoms with Crippen LogP contribution in [0.15, 0.2) is 42.2 Å². The van der Waals surface area contributed by atoms with Crippen molar-refractivity contribution in [2.75, 3.05) is 12.4 Å². The molecule has 148 valence electrons. The fourth-order valence-electron chi connectivity index (χ4n) is 3.74. The summed E-state index contributed by atoms with van der Waals surface area (Å²) in [4.78, 5) is 24.0. The number of allylic oxidation sites excluding steroid dienone is 1. The number of aryl methyl sites for hydroxylation is 1. The predicted molar refractivity (Wildman–Crippen MR) is 111 cm³/mol. The lowest BCUT2D eigenvalue weighted by molar-refractivity contribution is 0.101. The van der Waals surface area contributed by atoms with Gasteiger partial charge >= 0.3 is 6.03 Å². The molecule has 29 heavy (non-hydrogen) atoms. The second-order valence-electron chi connectivity index (χ2n) is 6.77. The summed E-state index contributed by atoms with van der Waals surface area (Å²) in [7, 11) is 1.63. The van der Waals surface area contributed by atoms with Gasteiger partial charge in [-0.2, -0.15) is 0 Å². The molecule has 7 heteroatoms. The Morgan fingerprint density at radius 2 is 2.07 bits per heavy atom. The fraction of sp³-hybridized carbons (Fsp3) is 0.182. The van der Waals surface area contributed by atoms with Gasteiger partial charge in [-0.25, -0.2) is 4.79 Å². The summed E-state index contributed by atoms with van der Waals surface area (Å²) in [5, 5.41) is 3.46. The van der Waals surface area contributed by atoms with E-state index in [0.717, 1.165) is 34.5 Å². The van der Waals surface area contributed by atoms with E-state index in [1.165, 1.54) is 0 Å². The van der Waals surface area contributed by atoms with Crippen LogP contribution in [-0.4, -0.2) is 23.5 Å². The van der Waals surface area contributed by atoms with Crippen LogP contribution in [0.5, 0.6) is 11.5 Å². The Morgan fingerprint density at radius 3 is 2.76 bits per heavy atom. The van der Waals surface area contributed by atoms with Gasteiger partial charge < -0.3 is 25.1 Å². The average Bonchev–Trinajstić information content (AvgIpc) is 3.15. The summed E-state index contributed by atoms with van der Waals surface area (Å²) in [5.74, 6) is 1.19. The number of fused-ring (bicyclic) bond motifs is 2. The van der Waals surface area contributed by atoms with E-state index >= 15 is 0 Å².